The molecule has 1 unspecified atom stereocenters. The standard InChI is InChI=1S/C18H19NO6/c1-3-7-19(18(23)24)9-11(4-2)13-8-16(22)25-17-12(13)5-6-15(21)14(17)10-20/h3,5-6,8,10-11,21H,1,4,7,9H2,2H3,(H,23,24)/p-1. The summed E-state index contributed by atoms with van der Waals surface area (Å²) < 4.78 is 5.09. The number of carbonyl (C=O) groups excluding carboxylic acids is 2. The molecule has 1 amide bonds. The largest absolute Gasteiger partial charge is 0.530 e. The van der Waals surface area contributed by atoms with Crippen LogP contribution in [0.4, 0.5) is 4.79 Å². The van der Waals surface area contributed by atoms with E-state index in [1.807, 2.05) is 6.92 Å². The Kier molecular flexibility index (Phi) is 5.59. The molecular weight excluding hydrogens is 326 g/mol. The molecule has 0 bridgehead atoms. The van der Waals surface area contributed by atoms with E-state index in [0.717, 1.165) is 4.90 Å². The van der Waals surface area contributed by atoms with Gasteiger partial charge in [-0.15, -0.1) is 6.58 Å². The highest BCUT2D eigenvalue weighted by molar-refractivity contribution is 5.98. The number of aromatic hydroxyl groups is 1. The lowest BCUT2D eigenvalue weighted by molar-refractivity contribution is -0.265. The smallest absolute Gasteiger partial charge is 0.336 e. The average Bonchev–Trinajstić information content (AvgIpc) is 2.57. The molecular formula is C18H18NO6-. The Balaban J connectivity index is 2.61. The summed E-state index contributed by atoms with van der Waals surface area (Å²) in [5, 5.41) is 21.5. The Labute approximate surface area is 143 Å². The van der Waals surface area contributed by atoms with Crippen molar-refractivity contribution >= 4 is 23.3 Å². The van der Waals surface area contributed by atoms with Gasteiger partial charge in [-0.2, -0.15) is 0 Å². The third-order valence-electron chi connectivity index (χ3n) is 4.06. The van der Waals surface area contributed by atoms with Crippen LogP contribution in [0.25, 0.3) is 11.0 Å². The van der Waals surface area contributed by atoms with Crippen molar-refractivity contribution in [2.24, 2.45) is 0 Å². The highest BCUT2D eigenvalue weighted by atomic mass is 16.4. The molecule has 25 heavy (non-hydrogen) atoms. The van der Waals surface area contributed by atoms with Gasteiger partial charge in [0, 0.05) is 30.5 Å². The molecule has 2 aromatic rings. The van der Waals surface area contributed by atoms with E-state index >= 15 is 0 Å². The summed E-state index contributed by atoms with van der Waals surface area (Å²) in [4.78, 5) is 35.5. The van der Waals surface area contributed by atoms with E-state index in [1.165, 1.54) is 24.3 Å². The minimum atomic E-state index is -1.34. The molecule has 7 nitrogen and oxygen atoms in total. The highest BCUT2D eigenvalue weighted by Gasteiger charge is 2.20. The van der Waals surface area contributed by atoms with Gasteiger partial charge in [-0.1, -0.05) is 13.0 Å². The second-order valence-electron chi connectivity index (χ2n) is 5.58. The van der Waals surface area contributed by atoms with Crippen LogP contribution in [0.2, 0.25) is 0 Å². The normalized spacial score (nSPS) is 11.9. The van der Waals surface area contributed by atoms with Gasteiger partial charge in [0.05, 0.1) is 5.56 Å². The van der Waals surface area contributed by atoms with Crippen LogP contribution in [0.1, 0.15) is 35.2 Å². The monoisotopic (exact) mass is 344 g/mol. The fraction of sp³-hybridized carbons (Fsp3) is 0.278. The summed E-state index contributed by atoms with van der Waals surface area (Å²) in [6.07, 6.45) is 1.06. The highest BCUT2D eigenvalue weighted by Crippen LogP contribution is 2.32. The molecule has 1 aromatic carbocycles. The molecule has 1 atom stereocenters. The van der Waals surface area contributed by atoms with Crippen LogP contribution in [0.15, 0.2) is 40.1 Å². The quantitative estimate of drug-likeness (QED) is 0.464. The number of carbonyl (C=O) groups is 2. The zero-order valence-corrected chi connectivity index (χ0v) is 13.7. The zero-order chi connectivity index (χ0) is 18.6. The van der Waals surface area contributed by atoms with Gasteiger partial charge in [0.1, 0.15) is 11.8 Å². The average molecular weight is 344 g/mol. The summed E-state index contributed by atoms with van der Waals surface area (Å²) in [7, 11) is 0. The summed E-state index contributed by atoms with van der Waals surface area (Å²) in [5.74, 6) is -0.618. The molecule has 132 valence electrons. The van der Waals surface area contributed by atoms with Gasteiger partial charge in [0.15, 0.2) is 11.9 Å². The number of nitrogens with zero attached hydrogens (tertiary/aromatic N) is 1. The minimum Gasteiger partial charge on any atom is -0.530 e. The number of fused-ring (bicyclic) bond motifs is 1. The van der Waals surface area contributed by atoms with Crippen LogP contribution in [0.5, 0.6) is 5.75 Å². The molecule has 0 saturated carbocycles. The van der Waals surface area contributed by atoms with Gasteiger partial charge in [-0.25, -0.2) is 4.79 Å². The predicted octanol–water partition coefficient (Wildman–Crippen LogP) is 1.64. The van der Waals surface area contributed by atoms with Gasteiger partial charge in [-0.3, -0.25) is 4.79 Å². The minimum absolute atomic E-state index is 0.0142. The predicted molar refractivity (Wildman–Crippen MR) is 89.7 cm³/mol. The van der Waals surface area contributed by atoms with Crippen molar-refractivity contribution in [3.8, 4) is 5.75 Å². The molecule has 0 saturated heterocycles. The topological polar surface area (TPSA) is 111 Å². The van der Waals surface area contributed by atoms with Crippen LogP contribution in [-0.2, 0) is 0 Å². The molecule has 0 fully saturated rings. The van der Waals surface area contributed by atoms with Gasteiger partial charge in [0.2, 0.25) is 0 Å². The zero-order valence-electron chi connectivity index (χ0n) is 13.7. The first-order valence-corrected chi connectivity index (χ1v) is 7.74. The van der Waals surface area contributed by atoms with E-state index in [0.29, 0.717) is 23.7 Å². The van der Waals surface area contributed by atoms with E-state index in [-0.39, 0.29) is 35.9 Å². The van der Waals surface area contributed by atoms with Crippen molar-refractivity contribution < 1.29 is 24.2 Å². The molecule has 0 spiro atoms. The summed E-state index contributed by atoms with van der Waals surface area (Å²) in [6.45, 7) is 5.57. The van der Waals surface area contributed by atoms with Crippen molar-refractivity contribution in [1.82, 2.24) is 4.90 Å². The molecule has 0 aliphatic carbocycles. The number of rotatable bonds is 7. The Hall–Kier alpha value is -3.09. The number of hydrogen-bond donors (Lipinski definition) is 1. The first-order valence-electron chi connectivity index (χ1n) is 7.74. The van der Waals surface area contributed by atoms with E-state index < -0.39 is 11.7 Å². The summed E-state index contributed by atoms with van der Waals surface area (Å²) in [5.41, 5.74) is -0.264. The lowest BCUT2D eigenvalue weighted by Crippen LogP contribution is -2.43. The fourth-order valence-corrected chi connectivity index (χ4v) is 2.81. The van der Waals surface area contributed by atoms with Crippen LogP contribution in [0.3, 0.4) is 0 Å². The summed E-state index contributed by atoms with van der Waals surface area (Å²) >= 11 is 0. The second-order valence-corrected chi connectivity index (χ2v) is 5.58. The number of phenolic OH excluding ortho intramolecular Hbond substituents is 1. The van der Waals surface area contributed by atoms with Crippen LogP contribution < -0.4 is 10.7 Å². The van der Waals surface area contributed by atoms with E-state index in [4.69, 9.17) is 4.42 Å². The molecule has 1 N–H and O–H groups in total. The molecule has 2 rings (SSSR count). The molecule has 1 heterocycles. The van der Waals surface area contributed by atoms with Gasteiger partial charge >= 0.3 is 5.63 Å². The van der Waals surface area contributed by atoms with Gasteiger partial charge in [0.25, 0.3) is 0 Å². The van der Waals surface area contributed by atoms with Crippen molar-refractivity contribution in [3.05, 3.63) is 52.4 Å². The number of hydrogen-bond acceptors (Lipinski definition) is 6. The Morgan fingerprint density at radius 1 is 1.48 bits per heavy atom. The van der Waals surface area contributed by atoms with Crippen LogP contribution >= 0.6 is 0 Å². The number of benzene rings is 1. The van der Waals surface area contributed by atoms with Crippen LogP contribution in [-0.4, -0.2) is 35.5 Å². The van der Waals surface area contributed by atoms with E-state index in [2.05, 4.69) is 6.58 Å². The van der Waals surface area contributed by atoms with Gasteiger partial charge in [-0.05, 0) is 24.1 Å². The SMILES string of the molecule is C=CCN(CC(CC)c1cc(=O)oc2c(C=O)c(O)ccc12)C(=O)[O-]. The fourth-order valence-electron chi connectivity index (χ4n) is 2.81. The van der Waals surface area contributed by atoms with Crippen molar-refractivity contribution in [2.75, 3.05) is 13.1 Å². The van der Waals surface area contributed by atoms with E-state index in [1.54, 1.807) is 0 Å². The second kappa shape index (κ2) is 7.65. The molecule has 0 aliphatic heterocycles. The summed E-state index contributed by atoms with van der Waals surface area (Å²) in [6, 6.07) is 4.15. The lowest BCUT2D eigenvalue weighted by Gasteiger charge is -2.28. The Morgan fingerprint density at radius 3 is 2.76 bits per heavy atom. The Bertz CT molecular complexity index is 870. The molecule has 0 aliphatic rings. The number of phenols is 1. The van der Waals surface area contributed by atoms with Crippen molar-refractivity contribution in [3.63, 3.8) is 0 Å². The van der Waals surface area contributed by atoms with Crippen molar-refractivity contribution in [1.29, 1.82) is 0 Å². The van der Waals surface area contributed by atoms with Crippen LogP contribution in [0, 0.1) is 0 Å². The maximum atomic E-state index is 11.9. The number of amides is 1. The molecule has 1 aromatic heterocycles. The molecule has 0 radical (unpaired) electrons. The van der Waals surface area contributed by atoms with E-state index in [9.17, 15) is 24.6 Å². The van der Waals surface area contributed by atoms with Gasteiger partial charge < -0.3 is 24.3 Å². The first kappa shape index (κ1) is 18.3. The lowest BCUT2D eigenvalue weighted by atomic mass is 9.92. The Morgan fingerprint density at radius 2 is 2.20 bits per heavy atom. The number of aldehydes is 1. The first-order chi connectivity index (χ1) is 11.9. The maximum Gasteiger partial charge on any atom is 0.336 e. The number of carboxylic acid groups (broad SMARTS) is 1. The third kappa shape index (κ3) is 3.71. The third-order valence-corrected chi connectivity index (χ3v) is 4.06. The molecule has 7 heteroatoms. The van der Waals surface area contributed by atoms with Crippen molar-refractivity contribution in [2.45, 2.75) is 19.3 Å². The maximum absolute atomic E-state index is 11.9.